The summed E-state index contributed by atoms with van der Waals surface area (Å²) in [5.41, 5.74) is 2.90. The summed E-state index contributed by atoms with van der Waals surface area (Å²) in [6.07, 6.45) is 0.773. The van der Waals surface area contributed by atoms with Gasteiger partial charge in [0.25, 0.3) is 0 Å². The van der Waals surface area contributed by atoms with Crippen molar-refractivity contribution in [3.8, 4) is 0 Å². The Morgan fingerprint density at radius 1 is 1.41 bits per heavy atom. The van der Waals surface area contributed by atoms with E-state index in [1.54, 1.807) is 17.4 Å². The summed E-state index contributed by atoms with van der Waals surface area (Å²) in [5.74, 6) is 1.51. The van der Waals surface area contributed by atoms with E-state index in [4.69, 9.17) is 11.6 Å². The molecule has 0 atom stereocenters. The minimum absolute atomic E-state index is 0.473. The van der Waals surface area contributed by atoms with Gasteiger partial charge in [0.15, 0.2) is 0 Å². The molecule has 2 heterocycles. The topological polar surface area (TPSA) is 50.7 Å². The Morgan fingerprint density at radius 2 is 2.24 bits per heavy atom. The van der Waals surface area contributed by atoms with E-state index in [0.717, 1.165) is 23.8 Å². The first-order valence-corrected chi connectivity index (χ1v) is 6.61. The number of aryl methyl sites for hydroxylation is 2. The van der Waals surface area contributed by atoms with Crippen LogP contribution in [0.3, 0.4) is 0 Å². The van der Waals surface area contributed by atoms with Gasteiger partial charge in [0.2, 0.25) is 0 Å². The zero-order valence-corrected chi connectivity index (χ0v) is 11.3. The zero-order chi connectivity index (χ0) is 12.3. The number of thiazole rings is 1. The number of aromatic nitrogens is 3. The summed E-state index contributed by atoms with van der Waals surface area (Å²) in [7, 11) is 0. The Bertz CT molecular complexity index is 512. The molecule has 17 heavy (non-hydrogen) atoms. The SMILES string of the molecule is CCc1nc(Cl)cc(NCc2scnc2C)n1. The van der Waals surface area contributed by atoms with Crippen LogP contribution in [0.15, 0.2) is 11.6 Å². The Morgan fingerprint density at radius 3 is 2.88 bits per heavy atom. The highest BCUT2D eigenvalue weighted by atomic mass is 35.5. The molecule has 4 nitrogen and oxygen atoms in total. The van der Waals surface area contributed by atoms with Crippen LogP contribution in [-0.4, -0.2) is 15.0 Å². The highest BCUT2D eigenvalue weighted by Gasteiger charge is 2.04. The second kappa shape index (κ2) is 5.42. The maximum atomic E-state index is 5.92. The van der Waals surface area contributed by atoms with Crippen molar-refractivity contribution in [1.82, 2.24) is 15.0 Å². The Labute approximate surface area is 109 Å². The molecule has 0 aliphatic heterocycles. The van der Waals surface area contributed by atoms with Crippen molar-refractivity contribution in [3.05, 3.63) is 33.1 Å². The van der Waals surface area contributed by atoms with Crippen LogP contribution >= 0.6 is 22.9 Å². The fraction of sp³-hybridized carbons (Fsp3) is 0.364. The quantitative estimate of drug-likeness (QED) is 0.866. The maximum Gasteiger partial charge on any atom is 0.134 e. The van der Waals surface area contributed by atoms with Gasteiger partial charge in [0.1, 0.15) is 16.8 Å². The third-order valence-corrected chi connectivity index (χ3v) is 3.46. The Kier molecular flexibility index (Phi) is 3.91. The van der Waals surface area contributed by atoms with Crippen molar-refractivity contribution in [2.45, 2.75) is 26.8 Å². The third-order valence-electron chi connectivity index (χ3n) is 2.33. The lowest BCUT2D eigenvalue weighted by molar-refractivity contribution is 0.933. The number of anilines is 1. The van der Waals surface area contributed by atoms with Crippen LogP contribution in [-0.2, 0) is 13.0 Å². The zero-order valence-electron chi connectivity index (χ0n) is 9.70. The van der Waals surface area contributed by atoms with E-state index in [1.165, 1.54) is 4.88 Å². The summed E-state index contributed by atoms with van der Waals surface area (Å²) in [5, 5.41) is 3.71. The summed E-state index contributed by atoms with van der Waals surface area (Å²) in [6, 6.07) is 1.73. The number of hydrogen-bond acceptors (Lipinski definition) is 5. The van der Waals surface area contributed by atoms with Gasteiger partial charge in [0, 0.05) is 17.4 Å². The minimum Gasteiger partial charge on any atom is -0.365 e. The van der Waals surface area contributed by atoms with E-state index in [0.29, 0.717) is 11.7 Å². The molecule has 0 spiro atoms. The van der Waals surface area contributed by atoms with E-state index in [9.17, 15) is 0 Å². The molecule has 0 radical (unpaired) electrons. The number of rotatable bonds is 4. The van der Waals surface area contributed by atoms with Crippen molar-refractivity contribution in [2.75, 3.05) is 5.32 Å². The van der Waals surface area contributed by atoms with Gasteiger partial charge in [0.05, 0.1) is 17.7 Å². The second-order valence-electron chi connectivity index (χ2n) is 3.56. The lowest BCUT2D eigenvalue weighted by Gasteiger charge is -2.06. The number of nitrogens with one attached hydrogen (secondary N) is 1. The molecule has 0 aliphatic carbocycles. The lowest BCUT2D eigenvalue weighted by Crippen LogP contribution is -2.04. The highest BCUT2D eigenvalue weighted by Crippen LogP contribution is 2.16. The molecule has 90 valence electrons. The molecule has 2 aromatic rings. The molecule has 6 heteroatoms. The first-order valence-electron chi connectivity index (χ1n) is 5.35. The average molecular weight is 269 g/mol. The second-order valence-corrected chi connectivity index (χ2v) is 4.89. The minimum atomic E-state index is 0.473. The first-order chi connectivity index (χ1) is 8.19. The highest BCUT2D eigenvalue weighted by molar-refractivity contribution is 7.09. The Hall–Kier alpha value is -1.20. The monoisotopic (exact) mass is 268 g/mol. The van der Waals surface area contributed by atoms with E-state index in [1.807, 2.05) is 19.4 Å². The van der Waals surface area contributed by atoms with Crippen molar-refractivity contribution >= 4 is 28.8 Å². The van der Waals surface area contributed by atoms with Crippen molar-refractivity contribution < 1.29 is 0 Å². The fourth-order valence-electron chi connectivity index (χ4n) is 1.38. The van der Waals surface area contributed by atoms with Crippen LogP contribution in [0.2, 0.25) is 5.15 Å². The molecule has 0 fully saturated rings. The number of nitrogens with zero attached hydrogens (tertiary/aromatic N) is 3. The summed E-state index contributed by atoms with van der Waals surface area (Å²) in [6.45, 7) is 4.72. The predicted octanol–water partition coefficient (Wildman–Crippen LogP) is 3.07. The van der Waals surface area contributed by atoms with Crippen molar-refractivity contribution in [3.63, 3.8) is 0 Å². The number of hydrogen-bond donors (Lipinski definition) is 1. The van der Waals surface area contributed by atoms with Gasteiger partial charge in [-0.3, -0.25) is 0 Å². The molecule has 0 saturated heterocycles. The van der Waals surface area contributed by atoms with E-state index in [2.05, 4.69) is 20.3 Å². The van der Waals surface area contributed by atoms with Crippen LogP contribution in [0.25, 0.3) is 0 Å². The third kappa shape index (κ3) is 3.14. The van der Waals surface area contributed by atoms with Gasteiger partial charge >= 0.3 is 0 Å². The van der Waals surface area contributed by atoms with Crippen molar-refractivity contribution in [2.24, 2.45) is 0 Å². The molecule has 0 aromatic carbocycles. The van der Waals surface area contributed by atoms with Gasteiger partial charge in [-0.05, 0) is 6.92 Å². The van der Waals surface area contributed by atoms with E-state index < -0.39 is 0 Å². The normalized spacial score (nSPS) is 10.5. The molecule has 0 saturated carbocycles. The average Bonchev–Trinajstić information content (AvgIpc) is 2.71. The standard InChI is InChI=1S/C11H13ClN4S/c1-3-10-15-9(12)4-11(16-10)13-5-8-7(2)14-6-17-8/h4,6H,3,5H2,1-2H3,(H,13,15,16). The first kappa shape index (κ1) is 12.3. The van der Waals surface area contributed by atoms with Crippen LogP contribution in [0.4, 0.5) is 5.82 Å². The smallest absolute Gasteiger partial charge is 0.134 e. The molecular formula is C11H13ClN4S. The fourth-order valence-corrected chi connectivity index (χ4v) is 2.30. The Balaban J connectivity index is 2.09. The van der Waals surface area contributed by atoms with Crippen LogP contribution in [0.5, 0.6) is 0 Å². The van der Waals surface area contributed by atoms with E-state index in [-0.39, 0.29) is 0 Å². The van der Waals surface area contributed by atoms with Crippen LogP contribution in [0.1, 0.15) is 23.3 Å². The molecule has 0 unspecified atom stereocenters. The van der Waals surface area contributed by atoms with E-state index >= 15 is 0 Å². The summed E-state index contributed by atoms with van der Waals surface area (Å²) < 4.78 is 0. The van der Waals surface area contributed by atoms with Crippen molar-refractivity contribution in [1.29, 1.82) is 0 Å². The molecule has 2 rings (SSSR count). The molecule has 0 amide bonds. The van der Waals surface area contributed by atoms with Gasteiger partial charge in [-0.15, -0.1) is 11.3 Å². The molecule has 0 bridgehead atoms. The van der Waals surface area contributed by atoms with Crippen LogP contribution < -0.4 is 5.32 Å². The lowest BCUT2D eigenvalue weighted by atomic mass is 10.4. The molecular weight excluding hydrogens is 256 g/mol. The number of halogens is 1. The molecule has 2 aromatic heterocycles. The van der Waals surface area contributed by atoms with Gasteiger partial charge < -0.3 is 5.32 Å². The maximum absolute atomic E-state index is 5.92. The largest absolute Gasteiger partial charge is 0.365 e. The predicted molar refractivity (Wildman–Crippen MR) is 70.6 cm³/mol. The summed E-state index contributed by atoms with van der Waals surface area (Å²) >= 11 is 7.55. The molecule has 1 N–H and O–H groups in total. The van der Waals surface area contributed by atoms with Gasteiger partial charge in [-0.2, -0.15) is 0 Å². The van der Waals surface area contributed by atoms with Crippen LogP contribution in [0, 0.1) is 6.92 Å². The van der Waals surface area contributed by atoms with Gasteiger partial charge in [-0.25, -0.2) is 15.0 Å². The molecule has 0 aliphatic rings. The van der Waals surface area contributed by atoms with Gasteiger partial charge in [-0.1, -0.05) is 18.5 Å². The summed E-state index contributed by atoms with van der Waals surface area (Å²) in [4.78, 5) is 13.9.